The summed E-state index contributed by atoms with van der Waals surface area (Å²) >= 11 is 0. The number of allylic oxidation sites excluding steroid dienone is 1. The minimum atomic E-state index is -0.432. The molecule has 1 heterocycles. The molecule has 1 atom stereocenters. The van der Waals surface area contributed by atoms with Crippen LogP contribution < -0.4 is 4.74 Å². The summed E-state index contributed by atoms with van der Waals surface area (Å²) in [4.78, 5) is 8.68. The molecule has 2 aromatic carbocycles. The minimum absolute atomic E-state index is 0.242. The van der Waals surface area contributed by atoms with E-state index in [1.165, 1.54) is 6.07 Å². The van der Waals surface area contributed by atoms with Gasteiger partial charge in [-0.05, 0) is 49.4 Å². The van der Waals surface area contributed by atoms with Crippen molar-refractivity contribution in [3.8, 4) is 28.3 Å². The monoisotopic (exact) mass is 418 g/mol. The van der Waals surface area contributed by atoms with Crippen LogP contribution in [0.3, 0.4) is 0 Å². The van der Waals surface area contributed by atoms with Crippen molar-refractivity contribution in [1.29, 1.82) is 0 Å². The van der Waals surface area contributed by atoms with Gasteiger partial charge in [-0.2, -0.15) is 0 Å². The minimum Gasteiger partial charge on any atom is -0.489 e. The third-order valence-corrected chi connectivity index (χ3v) is 4.75. The summed E-state index contributed by atoms with van der Waals surface area (Å²) in [6.45, 7) is 5.71. The molecule has 3 rings (SSSR count). The summed E-state index contributed by atoms with van der Waals surface area (Å²) in [5.41, 5.74) is 3.29. The smallest absolute Gasteiger partial charge is 0.162 e. The van der Waals surface area contributed by atoms with E-state index in [-0.39, 0.29) is 6.10 Å². The van der Waals surface area contributed by atoms with Crippen LogP contribution in [-0.2, 0) is 0 Å². The highest BCUT2D eigenvalue weighted by Gasteiger charge is 2.10. The molecular formula is C26H27FN2O2. The van der Waals surface area contributed by atoms with Gasteiger partial charge in [0.1, 0.15) is 18.2 Å². The van der Waals surface area contributed by atoms with Crippen molar-refractivity contribution < 1.29 is 14.2 Å². The van der Waals surface area contributed by atoms with Gasteiger partial charge in [0.2, 0.25) is 0 Å². The Morgan fingerprint density at radius 3 is 2.48 bits per heavy atom. The number of aliphatic hydroxyl groups is 1. The van der Waals surface area contributed by atoms with Crippen molar-refractivity contribution in [2.45, 2.75) is 32.3 Å². The molecule has 0 fully saturated rings. The fourth-order valence-corrected chi connectivity index (χ4v) is 3.08. The molecule has 0 radical (unpaired) electrons. The molecule has 31 heavy (non-hydrogen) atoms. The van der Waals surface area contributed by atoms with Crippen LogP contribution in [-0.4, -0.2) is 27.8 Å². The van der Waals surface area contributed by atoms with E-state index in [0.717, 1.165) is 36.0 Å². The molecule has 0 bridgehead atoms. The summed E-state index contributed by atoms with van der Waals surface area (Å²) < 4.78 is 19.8. The second-order valence-corrected chi connectivity index (χ2v) is 7.34. The van der Waals surface area contributed by atoms with Gasteiger partial charge in [-0.15, -0.1) is 0 Å². The molecule has 1 aromatic heterocycles. The normalized spacial score (nSPS) is 12.1. The standard InChI is InChI=1S/C26H27FN2O2/c1-3-15-31-23-13-14-24(25(27)16-23)26-28-17-22(18-29-26)21-11-9-20(10-12-21)8-6-4-5-7-19(2)30/h3,6,8-14,16-19,30H,1,4-5,7,15H2,2H3. The summed E-state index contributed by atoms with van der Waals surface area (Å²) in [6, 6.07) is 12.7. The van der Waals surface area contributed by atoms with E-state index in [4.69, 9.17) is 4.74 Å². The Bertz CT molecular complexity index is 1010. The number of ether oxygens (including phenoxy) is 1. The number of halogens is 1. The lowest BCUT2D eigenvalue weighted by molar-refractivity contribution is 0.182. The number of unbranched alkanes of at least 4 members (excludes halogenated alkanes) is 1. The quantitative estimate of drug-likeness (QED) is 0.320. The average Bonchev–Trinajstić information content (AvgIpc) is 2.78. The molecule has 0 saturated carbocycles. The van der Waals surface area contributed by atoms with Crippen LogP contribution in [0, 0.1) is 5.82 Å². The molecule has 1 N–H and O–H groups in total. The predicted molar refractivity (Wildman–Crippen MR) is 123 cm³/mol. The zero-order chi connectivity index (χ0) is 22.1. The largest absolute Gasteiger partial charge is 0.489 e. The number of benzene rings is 2. The van der Waals surface area contributed by atoms with Gasteiger partial charge in [0, 0.05) is 24.0 Å². The second kappa shape index (κ2) is 11.2. The number of nitrogens with zero attached hydrogens (tertiary/aromatic N) is 2. The van der Waals surface area contributed by atoms with Crippen LogP contribution in [0.1, 0.15) is 31.7 Å². The maximum absolute atomic E-state index is 14.4. The second-order valence-electron chi connectivity index (χ2n) is 7.34. The Hall–Kier alpha value is -3.31. The first-order chi connectivity index (χ1) is 15.1. The van der Waals surface area contributed by atoms with E-state index < -0.39 is 5.82 Å². The number of aliphatic hydroxyl groups excluding tert-OH is 1. The van der Waals surface area contributed by atoms with Gasteiger partial charge in [0.25, 0.3) is 0 Å². The molecule has 0 aliphatic carbocycles. The maximum Gasteiger partial charge on any atom is 0.162 e. The molecule has 4 nitrogen and oxygen atoms in total. The zero-order valence-electron chi connectivity index (χ0n) is 17.7. The first-order valence-corrected chi connectivity index (χ1v) is 10.4. The van der Waals surface area contributed by atoms with Crippen LogP contribution in [0.2, 0.25) is 0 Å². The Kier molecular flexibility index (Phi) is 8.07. The van der Waals surface area contributed by atoms with Crippen LogP contribution >= 0.6 is 0 Å². The maximum atomic E-state index is 14.4. The lowest BCUT2D eigenvalue weighted by Gasteiger charge is -2.07. The third-order valence-electron chi connectivity index (χ3n) is 4.75. The number of aromatic nitrogens is 2. The van der Waals surface area contributed by atoms with Gasteiger partial charge >= 0.3 is 0 Å². The van der Waals surface area contributed by atoms with Crippen LogP contribution in [0.4, 0.5) is 4.39 Å². The molecular weight excluding hydrogens is 391 g/mol. The molecule has 0 spiro atoms. The molecule has 1 unspecified atom stereocenters. The lowest BCUT2D eigenvalue weighted by atomic mass is 10.1. The van der Waals surface area contributed by atoms with Gasteiger partial charge in [0.15, 0.2) is 5.82 Å². The predicted octanol–water partition coefficient (Wildman–Crippen LogP) is 6.08. The van der Waals surface area contributed by atoms with Crippen molar-refractivity contribution in [2.24, 2.45) is 0 Å². The highest BCUT2D eigenvalue weighted by molar-refractivity contribution is 5.66. The van der Waals surface area contributed by atoms with E-state index >= 15 is 0 Å². The number of hydrogen-bond acceptors (Lipinski definition) is 4. The van der Waals surface area contributed by atoms with Crippen molar-refractivity contribution in [1.82, 2.24) is 9.97 Å². The van der Waals surface area contributed by atoms with Crippen LogP contribution in [0.25, 0.3) is 28.6 Å². The zero-order valence-corrected chi connectivity index (χ0v) is 17.7. The fourth-order valence-electron chi connectivity index (χ4n) is 3.08. The summed E-state index contributed by atoms with van der Waals surface area (Å²) in [5, 5.41) is 9.28. The Morgan fingerprint density at radius 2 is 1.84 bits per heavy atom. The molecule has 160 valence electrons. The summed E-state index contributed by atoms with van der Waals surface area (Å²) in [6.07, 6.45) is 11.7. The topological polar surface area (TPSA) is 55.2 Å². The molecule has 5 heteroatoms. The number of hydrogen-bond donors (Lipinski definition) is 1. The summed E-state index contributed by atoms with van der Waals surface area (Å²) in [7, 11) is 0. The van der Waals surface area contributed by atoms with Crippen molar-refractivity contribution >= 4 is 6.08 Å². The van der Waals surface area contributed by atoms with E-state index in [0.29, 0.717) is 23.7 Å². The molecule has 0 aliphatic rings. The van der Waals surface area contributed by atoms with Gasteiger partial charge in [-0.1, -0.05) is 49.1 Å². The Morgan fingerprint density at radius 1 is 1.10 bits per heavy atom. The van der Waals surface area contributed by atoms with E-state index in [1.54, 1.807) is 30.6 Å². The Labute approximate surface area is 182 Å². The van der Waals surface area contributed by atoms with E-state index in [2.05, 4.69) is 28.7 Å². The average molecular weight is 419 g/mol. The van der Waals surface area contributed by atoms with Crippen molar-refractivity contribution in [3.63, 3.8) is 0 Å². The first-order valence-electron chi connectivity index (χ1n) is 10.4. The van der Waals surface area contributed by atoms with Gasteiger partial charge in [-0.25, -0.2) is 14.4 Å². The van der Waals surface area contributed by atoms with Crippen molar-refractivity contribution in [3.05, 3.63) is 85.0 Å². The SMILES string of the molecule is C=CCOc1ccc(-c2ncc(-c3ccc(C=CCCCC(C)O)cc3)cn2)c(F)c1. The lowest BCUT2D eigenvalue weighted by Crippen LogP contribution is -1.97. The van der Waals surface area contributed by atoms with E-state index in [1.807, 2.05) is 31.2 Å². The van der Waals surface area contributed by atoms with Crippen LogP contribution in [0.5, 0.6) is 5.75 Å². The highest BCUT2D eigenvalue weighted by Crippen LogP contribution is 2.25. The van der Waals surface area contributed by atoms with Crippen LogP contribution in [0.15, 0.2) is 73.6 Å². The summed E-state index contributed by atoms with van der Waals surface area (Å²) in [5.74, 6) is 0.335. The van der Waals surface area contributed by atoms with Gasteiger partial charge < -0.3 is 9.84 Å². The van der Waals surface area contributed by atoms with Gasteiger partial charge in [0.05, 0.1) is 11.7 Å². The van der Waals surface area contributed by atoms with E-state index in [9.17, 15) is 9.50 Å². The Balaban J connectivity index is 1.65. The van der Waals surface area contributed by atoms with Gasteiger partial charge in [-0.3, -0.25) is 0 Å². The molecule has 0 amide bonds. The molecule has 3 aromatic rings. The third kappa shape index (κ3) is 6.59. The first kappa shape index (κ1) is 22.4. The molecule has 0 saturated heterocycles. The van der Waals surface area contributed by atoms with Crippen molar-refractivity contribution in [2.75, 3.05) is 6.61 Å². The number of rotatable bonds is 10. The molecule has 0 aliphatic heterocycles. The highest BCUT2D eigenvalue weighted by atomic mass is 19.1. The fraction of sp³-hybridized carbons (Fsp3) is 0.231.